The van der Waals surface area contributed by atoms with Crippen LogP contribution in [0.5, 0.6) is 0 Å². The van der Waals surface area contributed by atoms with E-state index in [0.29, 0.717) is 11.4 Å². The Morgan fingerprint density at radius 2 is 1.85 bits per heavy atom. The van der Waals surface area contributed by atoms with E-state index in [0.717, 1.165) is 0 Å². The number of aromatic nitrogens is 2. The molecule has 0 amide bonds. The summed E-state index contributed by atoms with van der Waals surface area (Å²) in [4.78, 5) is 18.5. The largest absolute Gasteiger partial charge is 0.465 e. The first-order valence-electron chi connectivity index (χ1n) is 3.44. The Morgan fingerprint density at radius 1 is 1.38 bits per heavy atom. The Kier molecular flexibility index (Phi) is 4.89. The van der Waals surface area contributed by atoms with Gasteiger partial charge in [0.2, 0.25) is 0 Å². The average molecular weight is 178 g/mol. The van der Waals surface area contributed by atoms with Crippen molar-refractivity contribution in [2.75, 3.05) is 7.11 Å². The fourth-order valence-electron chi connectivity index (χ4n) is 0.616. The van der Waals surface area contributed by atoms with E-state index in [1.807, 2.05) is 0 Å². The van der Waals surface area contributed by atoms with Gasteiger partial charge in [-0.05, 0) is 6.92 Å². The van der Waals surface area contributed by atoms with Crippen LogP contribution in [0.1, 0.15) is 16.2 Å². The molecule has 0 spiro atoms. The van der Waals surface area contributed by atoms with Crippen LogP contribution in [0.15, 0.2) is 12.4 Å². The maximum absolute atomic E-state index is 10.8. The maximum atomic E-state index is 10.8. The Morgan fingerprint density at radius 3 is 2.23 bits per heavy atom. The molecule has 0 N–H and O–H groups in total. The molecule has 0 unspecified atom stereocenters. The Labute approximate surface area is 77.0 Å². The number of carbonyl (C=O) groups is 1. The number of methoxy groups -OCH3 is 1. The molecule has 0 saturated carbocycles. The highest BCUT2D eigenvalue weighted by atomic mass is 16.5. The van der Waals surface area contributed by atoms with E-state index >= 15 is 0 Å². The highest BCUT2D eigenvalue weighted by Crippen LogP contribution is 1.96. The minimum absolute atomic E-state index is 0.373. The minimum atomic E-state index is -0.412. The third-order valence-electron chi connectivity index (χ3n) is 1.20. The summed E-state index contributed by atoms with van der Waals surface area (Å²) in [7, 11) is 1.32. The van der Waals surface area contributed by atoms with Crippen molar-refractivity contribution in [2.24, 2.45) is 0 Å². The molecule has 1 aromatic heterocycles. The first kappa shape index (κ1) is 11.1. The van der Waals surface area contributed by atoms with Gasteiger partial charge in [0.15, 0.2) is 0 Å². The van der Waals surface area contributed by atoms with Crippen molar-refractivity contribution in [1.82, 2.24) is 9.97 Å². The van der Waals surface area contributed by atoms with Gasteiger partial charge in [-0.15, -0.1) is 12.8 Å². The van der Waals surface area contributed by atoms with Crippen molar-refractivity contribution < 1.29 is 9.53 Å². The van der Waals surface area contributed by atoms with E-state index in [9.17, 15) is 4.79 Å². The maximum Gasteiger partial charge on any atom is 0.341 e. The number of ether oxygens (including phenoxy) is 1. The van der Waals surface area contributed by atoms with E-state index in [-0.39, 0.29) is 0 Å². The molecule has 0 radical (unpaired) electrons. The van der Waals surface area contributed by atoms with Gasteiger partial charge in [0, 0.05) is 12.4 Å². The zero-order chi connectivity index (χ0) is 10.3. The zero-order valence-electron chi connectivity index (χ0n) is 7.52. The molecule has 0 atom stereocenters. The average Bonchev–Trinajstić information content (AvgIpc) is 2.21. The van der Waals surface area contributed by atoms with Gasteiger partial charge in [0.25, 0.3) is 0 Å². The number of rotatable bonds is 1. The van der Waals surface area contributed by atoms with Crippen LogP contribution in [0.2, 0.25) is 0 Å². The van der Waals surface area contributed by atoms with Gasteiger partial charge >= 0.3 is 5.97 Å². The molecule has 1 rings (SSSR count). The monoisotopic (exact) mass is 178 g/mol. The number of carbonyl (C=O) groups excluding carboxylic acids is 1. The van der Waals surface area contributed by atoms with E-state index in [2.05, 4.69) is 27.6 Å². The van der Waals surface area contributed by atoms with Crippen LogP contribution < -0.4 is 0 Å². The lowest BCUT2D eigenvalue weighted by Gasteiger charge is -1.96. The van der Waals surface area contributed by atoms with Gasteiger partial charge in [0.05, 0.1) is 12.7 Å². The summed E-state index contributed by atoms with van der Waals surface area (Å²) in [5.41, 5.74) is 0.373. The number of hydrogen-bond acceptors (Lipinski definition) is 4. The van der Waals surface area contributed by atoms with Crippen LogP contribution in [0.4, 0.5) is 0 Å². The summed E-state index contributed by atoms with van der Waals surface area (Å²) in [6.07, 6.45) is 10.9. The summed E-state index contributed by atoms with van der Waals surface area (Å²) < 4.78 is 4.46. The van der Waals surface area contributed by atoms with Gasteiger partial charge in [-0.25, -0.2) is 14.8 Å². The molecule has 4 heteroatoms. The first-order valence-corrected chi connectivity index (χ1v) is 3.44. The van der Waals surface area contributed by atoms with Gasteiger partial charge in [-0.2, -0.15) is 0 Å². The van der Waals surface area contributed by atoms with Crippen molar-refractivity contribution in [3.63, 3.8) is 0 Å². The van der Waals surface area contributed by atoms with Gasteiger partial charge in [0.1, 0.15) is 5.82 Å². The number of nitrogens with zero attached hydrogens (tertiary/aromatic N) is 2. The minimum Gasteiger partial charge on any atom is -0.465 e. The fourth-order valence-corrected chi connectivity index (χ4v) is 0.616. The summed E-state index contributed by atoms with van der Waals surface area (Å²) >= 11 is 0. The summed E-state index contributed by atoms with van der Waals surface area (Å²) in [6.45, 7) is 1.75. The quantitative estimate of drug-likeness (QED) is 0.472. The lowest BCUT2D eigenvalue weighted by molar-refractivity contribution is 0.0599. The number of terminal acetylenes is 1. The van der Waals surface area contributed by atoms with E-state index in [1.165, 1.54) is 19.5 Å². The van der Waals surface area contributed by atoms with Crippen LogP contribution in [-0.2, 0) is 4.74 Å². The third-order valence-corrected chi connectivity index (χ3v) is 1.20. The number of esters is 1. The molecule has 0 aromatic carbocycles. The second-order valence-electron chi connectivity index (χ2n) is 2.01. The topological polar surface area (TPSA) is 52.1 Å². The molecule has 1 aromatic rings. The summed E-state index contributed by atoms with van der Waals surface area (Å²) in [5, 5.41) is 0. The molecular weight excluding hydrogens is 168 g/mol. The molecule has 0 fully saturated rings. The van der Waals surface area contributed by atoms with E-state index < -0.39 is 5.97 Å². The Hall–Kier alpha value is -1.89. The second kappa shape index (κ2) is 5.72. The predicted molar refractivity (Wildman–Crippen MR) is 48.0 cm³/mol. The molecule has 13 heavy (non-hydrogen) atoms. The van der Waals surface area contributed by atoms with E-state index in [1.54, 1.807) is 6.92 Å². The normalized spacial score (nSPS) is 8.00. The molecule has 0 aliphatic heterocycles. The number of hydrogen-bond donors (Lipinski definition) is 0. The molecular formula is C9H10N2O2. The predicted octanol–water partition coefficient (Wildman–Crippen LogP) is 0.821. The lowest BCUT2D eigenvalue weighted by atomic mass is 10.3. The molecule has 0 bridgehead atoms. The summed E-state index contributed by atoms with van der Waals surface area (Å²) in [5.74, 6) is 0.225. The molecule has 4 nitrogen and oxygen atoms in total. The Bertz CT molecular complexity index is 290. The highest BCUT2D eigenvalue weighted by Gasteiger charge is 2.04. The van der Waals surface area contributed by atoms with Crippen molar-refractivity contribution in [2.45, 2.75) is 6.92 Å². The van der Waals surface area contributed by atoms with Crippen LogP contribution in [-0.4, -0.2) is 23.0 Å². The van der Waals surface area contributed by atoms with Crippen molar-refractivity contribution >= 4 is 5.97 Å². The fraction of sp³-hybridized carbons (Fsp3) is 0.222. The van der Waals surface area contributed by atoms with Gasteiger partial charge in [-0.1, -0.05) is 0 Å². The second-order valence-corrected chi connectivity index (χ2v) is 2.01. The van der Waals surface area contributed by atoms with Crippen molar-refractivity contribution in [3.05, 3.63) is 23.8 Å². The lowest BCUT2D eigenvalue weighted by Crippen LogP contribution is -2.02. The van der Waals surface area contributed by atoms with Gasteiger partial charge in [-0.3, -0.25) is 0 Å². The van der Waals surface area contributed by atoms with Crippen molar-refractivity contribution in [1.29, 1.82) is 0 Å². The molecule has 0 aliphatic carbocycles. The van der Waals surface area contributed by atoms with Crippen LogP contribution in [0, 0.1) is 19.8 Å². The highest BCUT2D eigenvalue weighted by molar-refractivity contribution is 5.88. The molecule has 1 heterocycles. The first-order chi connectivity index (χ1) is 6.24. The number of aryl methyl sites for hydroxylation is 1. The van der Waals surface area contributed by atoms with E-state index in [4.69, 9.17) is 0 Å². The van der Waals surface area contributed by atoms with Crippen molar-refractivity contribution in [3.8, 4) is 12.8 Å². The van der Waals surface area contributed by atoms with Crippen LogP contribution in [0.3, 0.4) is 0 Å². The molecule has 0 aliphatic rings. The molecule has 0 saturated heterocycles. The SMILES string of the molecule is C#C.COC(=O)c1cnc(C)nc1. The standard InChI is InChI=1S/C7H8N2O2.C2H2/c1-5-8-3-6(4-9-5)7(10)11-2;1-2/h3-4H,1-2H3;1-2H. The zero-order valence-corrected chi connectivity index (χ0v) is 7.52. The molecule has 68 valence electrons. The Balaban J connectivity index is 0.000000671. The van der Waals surface area contributed by atoms with Crippen LogP contribution in [0.25, 0.3) is 0 Å². The smallest absolute Gasteiger partial charge is 0.341 e. The van der Waals surface area contributed by atoms with Gasteiger partial charge < -0.3 is 4.74 Å². The summed E-state index contributed by atoms with van der Waals surface area (Å²) in [6, 6.07) is 0. The third kappa shape index (κ3) is 3.34. The van der Waals surface area contributed by atoms with Crippen LogP contribution >= 0.6 is 0 Å².